The van der Waals surface area contributed by atoms with Crippen LogP contribution in [0.15, 0.2) is 42.5 Å². The molecule has 0 aliphatic carbocycles. The summed E-state index contributed by atoms with van der Waals surface area (Å²) in [6, 6.07) is 12.4. The van der Waals surface area contributed by atoms with Crippen LogP contribution in [0.2, 0.25) is 0 Å². The maximum Gasteiger partial charge on any atom is 0.272 e. The number of amides is 1. The van der Waals surface area contributed by atoms with Crippen LogP contribution in [0.5, 0.6) is 0 Å². The van der Waals surface area contributed by atoms with Gasteiger partial charge in [0.1, 0.15) is 11.5 Å². The molecule has 0 spiro atoms. The van der Waals surface area contributed by atoms with E-state index >= 15 is 0 Å². The fourth-order valence-corrected chi connectivity index (χ4v) is 4.10. The quantitative estimate of drug-likeness (QED) is 0.863. The number of hydrogen-bond acceptors (Lipinski definition) is 3. The van der Waals surface area contributed by atoms with Crippen molar-refractivity contribution in [2.45, 2.75) is 13.5 Å². The van der Waals surface area contributed by atoms with Gasteiger partial charge < -0.3 is 4.90 Å². The van der Waals surface area contributed by atoms with Crippen molar-refractivity contribution in [3.05, 3.63) is 65.2 Å². The van der Waals surface area contributed by atoms with Crippen LogP contribution in [0.4, 0.5) is 4.39 Å². The Morgan fingerprint density at radius 3 is 2.52 bits per heavy atom. The van der Waals surface area contributed by atoms with Gasteiger partial charge in [-0.05, 0) is 48.6 Å². The smallest absolute Gasteiger partial charge is 0.272 e. The van der Waals surface area contributed by atoms with Crippen LogP contribution >= 0.6 is 0 Å². The first-order valence-electron chi connectivity index (χ1n) is 8.78. The van der Waals surface area contributed by atoms with E-state index in [4.69, 9.17) is 0 Å². The number of fused-ring (bicyclic) bond motifs is 1. The molecule has 1 aromatic carbocycles. The van der Waals surface area contributed by atoms with Crippen molar-refractivity contribution in [3.63, 3.8) is 0 Å². The number of nitrogens with zero attached hydrogens (tertiary/aromatic N) is 3. The summed E-state index contributed by atoms with van der Waals surface area (Å²) in [5.74, 6) is 0.860. The summed E-state index contributed by atoms with van der Waals surface area (Å²) >= 11 is 0. The Balaban J connectivity index is 1.37. The van der Waals surface area contributed by atoms with Gasteiger partial charge in [-0.25, -0.2) is 9.37 Å². The predicted molar refractivity (Wildman–Crippen MR) is 93.5 cm³/mol. The van der Waals surface area contributed by atoms with E-state index < -0.39 is 0 Å². The number of carbonyl (C=O) groups excluding carboxylic acids is 1. The van der Waals surface area contributed by atoms with Crippen molar-refractivity contribution in [1.29, 1.82) is 0 Å². The van der Waals surface area contributed by atoms with Crippen LogP contribution in [0, 0.1) is 24.6 Å². The number of pyridine rings is 1. The molecule has 0 saturated carbocycles. The predicted octanol–water partition coefficient (Wildman–Crippen LogP) is 2.73. The Labute approximate surface area is 147 Å². The van der Waals surface area contributed by atoms with Crippen LogP contribution in [0.1, 0.15) is 21.7 Å². The fourth-order valence-electron chi connectivity index (χ4n) is 4.10. The molecule has 2 aliphatic rings. The highest BCUT2D eigenvalue weighted by Crippen LogP contribution is 2.32. The largest absolute Gasteiger partial charge is 0.337 e. The summed E-state index contributed by atoms with van der Waals surface area (Å²) in [4.78, 5) is 21.3. The molecule has 4 rings (SSSR count). The van der Waals surface area contributed by atoms with E-state index in [9.17, 15) is 9.18 Å². The standard InChI is InChI=1S/C20H22FN3O/c1-14-4-2-7-19(22-14)20(25)24-12-16-10-23(11-17(16)13-24)9-15-5-3-6-18(21)8-15/h2-8,16-17H,9-13H2,1H3. The molecule has 2 aliphatic heterocycles. The Bertz CT molecular complexity index is 780. The molecule has 4 nitrogen and oxygen atoms in total. The van der Waals surface area contributed by atoms with E-state index in [-0.39, 0.29) is 11.7 Å². The van der Waals surface area contributed by atoms with Crippen molar-refractivity contribution in [2.75, 3.05) is 26.2 Å². The molecule has 25 heavy (non-hydrogen) atoms. The van der Waals surface area contributed by atoms with E-state index in [1.54, 1.807) is 18.2 Å². The summed E-state index contributed by atoms with van der Waals surface area (Å²) in [7, 11) is 0. The third-order valence-corrected chi connectivity index (χ3v) is 5.25. The molecule has 2 unspecified atom stereocenters. The van der Waals surface area contributed by atoms with Gasteiger partial charge in [0.2, 0.25) is 0 Å². The molecule has 5 heteroatoms. The number of benzene rings is 1. The monoisotopic (exact) mass is 339 g/mol. The Morgan fingerprint density at radius 1 is 1.12 bits per heavy atom. The van der Waals surface area contributed by atoms with Crippen molar-refractivity contribution < 1.29 is 9.18 Å². The average Bonchev–Trinajstić information content (AvgIpc) is 3.12. The number of rotatable bonds is 3. The molecule has 1 aromatic heterocycles. The van der Waals surface area contributed by atoms with Gasteiger partial charge in [-0.2, -0.15) is 0 Å². The molecular weight excluding hydrogens is 317 g/mol. The van der Waals surface area contributed by atoms with E-state index in [1.807, 2.05) is 30.0 Å². The minimum absolute atomic E-state index is 0.0368. The van der Waals surface area contributed by atoms with Crippen LogP contribution in [-0.2, 0) is 6.54 Å². The maximum atomic E-state index is 13.3. The molecular formula is C20H22FN3O. The third-order valence-electron chi connectivity index (χ3n) is 5.25. The van der Waals surface area contributed by atoms with Gasteiger partial charge in [-0.3, -0.25) is 9.69 Å². The van der Waals surface area contributed by atoms with Gasteiger partial charge in [0, 0.05) is 38.4 Å². The second kappa shape index (κ2) is 6.56. The van der Waals surface area contributed by atoms with E-state index in [0.717, 1.165) is 44.0 Å². The summed E-state index contributed by atoms with van der Waals surface area (Å²) in [5, 5.41) is 0. The zero-order chi connectivity index (χ0) is 17.4. The number of hydrogen-bond donors (Lipinski definition) is 0. The second-order valence-electron chi connectivity index (χ2n) is 7.22. The molecule has 3 heterocycles. The van der Waals surface area contributed by atoms with Gasteiger partial charge >= 0.3 is 0 Å². The minimum atomic E-state index is -0.181. The van der Waals surface area contributed by atoms with Gasteiger partial charge in [0.25, 0.3) is 5.91 Å². The Kier molecular flexibility index (Phi) is 4.25. The van der Waals surface area contributed by atoms with E-state index in [1.165, 1.54) is 6.07 Å². The van der Waals surface area contributed by atoms with Crippen molar-refractivity contribution >= 4 is 5.91 Å². The highest BCUT2D eigenvalue weighted by atomic mass is 19.1. The molecule has 2 aromatic rings. The maximum absolute atomic E-state index is 13.3. The summed E-state index contributed by atoms with van der Waals surface area (Å²) < 4.78 is 13.3. The number of likely N-dealkylation sites (tertiary alicyclic amines) is 2. The van der Waals surface area contributed by atoms with Gasteiger partial charge in [0.15, 0.2) is 0 Å². The molecule has 130 valence electrons. The van der Waals surface area contributed by atoms with Crippen LogP contribution < -0.4 is 0 Å². The van der Waals surface area contributed by atoms with Gasteiger partial charge in [-0.1, -0.05) is 18.2 Å². The molecule has 2 atom stereocenters. The highest BCUT2D eigenvalue weighted by molar-refractivity contribution is 5.92. The lowest BCUT2D eigenvalue weighted by Crippen LogP contribution is -2.33. The lowest BCUT2D eigenvalue weighted by Gasteiger charge is -2.21. The van der Waals surface area contributed by atoms with Crippen LogP contribution in [-0.4, -0.2) is 46.9 Å². The van der Waals surface area contributed by atoms with E-state index in [0.29, 0.717) is 17.5 Å². The molecule has 0 N–H and O–H groups in total. The van der Waals surface area contributed by atoms with Crippen LogP contribution in [0.3, 0.4) is 0 Å². The SMILES string of the molecule is Cc1cccc(C(=O)N2CC3CN(Cc4cccc(F)c4)CC3C2)n1. The summed E-state index contributed by atoms with van der Waals surface area (Å²) in [5.41, 5.74) is 2.42. The lowest BCUT2D eigenvalue weighted by atomic mass is 10.0. The molecule has 2 saturated heterocycles. The average molecular weight is 339 g/mol. The normalized spacial score (nSPS) is 23.0. The van der Waals surface area contributed by atoms with Gasteiger partial charge in [-0.15, -0.1) is 0 Å². The first-order valence-corrected chi connectivity index (χ1v) is 8.78. The number of aryl methyl sites for hydroxylation is 1. The van der Waals surface area contributed by atoms with E-state index in [2.05, 4.69) is 9.88 Å². The fraction of sp³-hybridized carbons (Fsp3) is 0.400. The highest BCUT2D eigenvalue weighted by Gasteiger charge is 2.41. The number of aromatic nitrogens is 1. The van der Waals surface area contributed by atoms with Crippen molar-refractivity contribution in [1.82, 2.24) is 14.8 Å². The molecule has 0 radical (unpaired) electrons. The topological polar surface area (TPSA) is 36.4 Å². The summed E-state index contributed by atoms with van der Waals surface area (Å²) in [6.07, 6.45) is 0. The third kappa shape index (κ3) is 3.42. The number of halogens is 1. The first-order chi connectivity index (χ1) is 12.1. The summed E-state index contributed by atoms with van der Waals surface area (Å²) in [6.45, 7) is 6.19. The zero-order valence-corrected chi connectivity index (χ0v) is 14.4. The lowest BCUT2D eigenvalue weighted by molar-refractivity contribution is 0.0767. The van der Waals surface area contributed by atoms with Crippen molar-refractivity contribution in [3.8, 4) is 0 Å². The number of carbonyl (C=O) groups is 1. The van der Waals surface area contributed by atoms with Crippen molar-refractivity contribution in [2.24, 2.45) is 11.8 Å². The van der Waals surface area contributed by atoms with Gasteiger partial charge in [0.05, 0.1) is 0 Å². The molecule has 1 amide bonds. The van der Waals surface area contributed by atoms with Crippen LogP contribution in [0.25, 0.3) is 0 Å². The zero-order valence-electron chi connectivity index (χ0n) is 14.4. The Morgan fingerprint density at radius 2 is 1.84 bits per heavy atom. The molecule has 2 fully saturated rings. The first kappa shape index (κ1) is 16.2. The second-order valence-corrected chi connectivity index (χ2v) is 7.22. The Hall–Kier alpha value is -2.27. The molecule has 0 bridgehead atoms. The minimum Gasteiger partial charge on any atom is -0.337 e.